The Morgan fingerprint density at radius 2 is 1.69 bits per heavy atom. The third kappa shape index (κ3) is 2.25. The van der Waals surface area contributed by atoms with E-state index < -0.39 is 11.8 Å². The molecule has 8 heteroatoms. The van der Waals surface area contributed by atoms with E-state index in [1.54, 1.807) is 16.9 Å². The van der Waals surface area contributed by atoms with E-state index in [1.165, 1.54) is 0 Å². The van der Waals surface area contributed by atoms with Crippen LogP contribution in [-0.4, -0.2) is 33.8 Å². The Hall–Kier alpha value is -1.89. The molecule has 0 N–H and O–H groups in total. The Bertz CT molecular complexity index is 900. The topological polar surface area (TPSA) is 64.4 Å². The zero-order valence-electron chi connectivity index (χ0n) is 13.6. The number of carbonyl (C=O) groups excluding carboxylic acids is 2. The lowest BCUT2D eigenvalue weighted by Gasteiger charge is -2.15. The molecule has 5 rings (SSSR count). The minimum atomic E-state index is -0.397. The number of benzene rings is 1. The summed E-state index contributed by atoms with van der Waals surface area (Å²) in [4.78, 5) is 26.9. The predicted molar refractivity (Wildman–Crippen MR) is 95.2 cm³/mol. The molecule has 0 unspecified atom stereocenters. The first kappa shape index (κ1) is 16.3. The predicted octanol–water partition coefficient (Wildman–Crippen LogP) is 2.91. The molecule has 2 amide bonds. The molecule has 1 aromatic heterocycles. The van der Waals surface area contributed by atoms with Crippen LogP contribution < -0.4 is 4.90 Å². The number of imide groups is 1. The molecule has 3 aliphatic heterocycles. The van der Waals surface area contributed by atoms with Gasteiger partial charge in [-0.05, 0) is 24.5 Å². The van der Waals surface area contributed by atoms with Crippen molar-refractivity contribution in [2.24, 2.45) is 11.8 Å². The van der Waals surface area contributed by atoms with Crippen LogP contribution in [-0.2, 0) is 20.9 Å². The lowest BCUT2D eigenvalue weighted by Crippen LogP contribution is -2.34. The SMILES string of the molecule is O=C1[C@@H]2[C@@H](C(=O)N1c1nn(Cc3ccccc3Cl)cc1Cl)[C@@H]1CC[C@@H]2O1. The van der Waals surface area contributed by atoms with Crippen LogP contribution in [0.3, 0.4) is 0 Å². The number of anilines is 1. The van der Waals surface area contributed by atoms with E-state index in [-0.39, 0.29) is 34.9 Å². The van der Waals surface area contributed by atoms with Gasteiger partial charge in [0.15, 0.2) is 5.82 Å². The summed E-state index contributed by atoms with van der Waals surface area (Å²) in [7, 11) is 0. The molecule has 3 aliphatic rings. The Labute approximate surface area is 159 Å². The highest BCUT2D eigenvalue weighted by molar-refractivity contribution is 6.35. The number of nitrogens with zero attached hydrogens (tertiary/aromatic N) is 3. The molecule has 1 aromatic carbocycles. The fourth-order valence-corrected chi connectivity index (χ4v) is 4.77. The third-order valence-electron chi connectivity index (χ3n) is 5.49. The van der Waals surface area contributed by atoms with Gasteiger partial charge in [0.05, 0.1) is 30.6 Å². The van der Waals surface area contributed by atoms with Crippen LogP contribution in [0.5, 0.6) is 0 Å². The highest BCUT2D eigenvalue weighted by Gasteiger charge is 2.63. The minimum absolute atomic E-state index is 0.157. The first-order valence-corrected chi connectivity index (χ1v) is 9.30. The van der Waals surface area contributed by atoms with E-state index in [0.29, 0.717) is 11.6 Å². The van der Waals surface area contributed by atoms with Crippen molar-refractivity contribution < 1.29 is 14.3 Å². The van der Waals surface area contributed by atoms with Crippen molar-refractivity contribution in [2.75, 3.05) is 4.90 Å². The second-order valence-electron chi connectivity index (χ2n) is 6.94. The van der Waals surface area contributed by atoms with Gasteiger partial charge in [0.1, 0.15) is 5.02 Å². The number of rotatable bonds is 3. The van der Waals surface area contributed by atoms with Crippen molar-refractivity contribution in [3.8, 4) is 0 Å². The monoisotopic (exact) mass is 391 g/mol. The molecular formula is C18H15Cl2N3O3. The van der Waals surface area contributed by atoms with Crippen molar-refractivity contribution in [3.63, 3.8) is 0 Å². The molecule has 0 saturated carbocycles. The number of carbonyl (C=O) groups is 2. The first-order chi connectivity index (χ1) is 12.5. The number of aromatic nitrogens is 2. The number of amides is 2. The van der Waals surface area contributed by atoms with Gasteiger partial charge in [-0.3, -0.25) is 14.3 Å². The van der Waals surface area contributed by atoms with Crippen molar-refractivity contribution in [2.45, 2.75) is 31.6 Å². The summed E-state index contributed by atoms with van der Waals surface area (Å²) in [6.07, 6.45) is 2.95. The average Bonchev–Trinajstić information content (AvgIpc) is 3.35. The molecule has 2 aromatic rings. The van der Waals surface area contributed by atoms with E-state index in [0.717, 1.165) is 23.3 Å². The van der Waals surface area contributed by atoms with Crippen LogP contribution in [0, 0.1) is 11.8 Å². The first-order valence-electron chi connectivity index (χ1n) is 8.54. The van der Waals surface area contributed by atoms with Gasteiger partial charge < -0.3 is 4.74 Å². The number of hydrogen-bond donors (Lipinski definition) is 0. The number of hydrogen-bond acceptors (Lipinski definition) is 4. The Morgan fingerprint density at radius 3 is 2.35 bits per heavy atom. The van der Waals surface area contributed by atoms with Gasteiger partial charge in [-0.15, -0.1) is 0 Å². The van der Waals surface area contributed by atoms with Crippen molar-refractivity contribution in [1.82, 2.24) is 9.78 Å². The second kappa shape index (κ2) is 5.81. The van der Waals surface area contributed by atoms with Gasteiger partial charge in [0, 0.05) is 11.2 Å². The van der Waals surface area contributed by atoms with Crippen LogP contribution in [0.4, 0.5) is 5.82 Å². The number of ether oxygens (including phenoxy) is 1. The highest BCUT2D eigenvalue weighted by atomic mass is 35.5. The third-order valence-corrected chi connectivity index (χ3v) is 6.12. The summed E-state index contributed by atoms with van der Waals surface area (Å²) in [5, 5.41) is 5.29. The van der Waals surface area contributed by atoms with Gasteiger partial charge >= 0.3 is 0 Å². The van der Waals surface area contributed by atoms with E-state index in [9.17, 15) is 9.59 Å². The van der Waals surface area contributed by atoms with Crippen LogP contribution in [0.1, 0.15) is 18.4 Å². The molecule has 3 saturated heterocycles. The maximum absolute atomic E-state index is 12.9. The molecule has 134 valence electrons. The van der Waals surface area contributed by atoms with Crippen LogP contribution in [0.2, 0.25) is 10.0 Å². The van der Waals surface area contributed by atoms with Crippen molar-refractivity contribution in [3.05, 3.63) is 46.1 Å². The summed E-state index contributed by atoms with van der Waals surface area (Å²) in [6.45, 7) is 0.400. The maximum atomic E-state index is 12.9. The van der Waals surface area contributed by atoms with Crippen LogP contribution >= 0.6 is 23.2 Å². The van der Waals surface area contributed by atoms with Crippen molar-refractivity contribution in [1.29, 1.82) is 0 Å². The number of halogens is 2. The lowest BCUT2D eigenvalue weighted by molar-refractivity contribution is -0.124. The normalized spacial score (nSPS) is 29.7. The van der Waals surface area contributed by atoms with Crippen LogP contribution in [0.25, 0.3) is 0 Å². The van der Waals surface area contributed by atoms with Gasteiger partial charge in [0.25, 0.3) is 0 Å². The molecular weight excluding hydrogens is 377 g/mol. The summed E-state index contributed by atoms with van der Waals surface area (Å²) >= 11 is 12.5. The molecule has 0 aliphatic carbocycles. The minimum Gasteiger partial charge on any atom is -0.373 e. The molecule has 4 atom stereocenters. The fourth-order valence-electron chi connectivity index (χ4n) is 4.34. The Balaban J connectivity index is 1.46. The molecule has 26 heavy (non-hydrogen) atoms. The van der Waals surface area contributed by atoms with Gasteiger partial charge in [-0.2, -0.15) is 5.10 Å². The zero-order chi connectivity index (χ0) is 18.0. The largest absolute Gasteiger partial charge is 0.373 e. The Morgan fingerprint density at radius 1 is 1.04 bits per heavy atom. The van der Waals surface area contributed by atoms with E-state index >= 15 is 0 Å². The van der Waals surface area contributed by atoms with Gasteiger partial charge in [0.2, 0.25) is 11.8 Å². The lowest BCUT2D eigenvalue weighted by atomic mass is 9.81. The van der Waals surface area contributed by atoms with Gasteiger partial charge in [-0.25, -0.2) is 4.90 Å². The molecule has 4 heterocycles. The average molecular weight is 392 g/mol. The van der Waals surface area contributed by atoms with E-state index in [2.05, 4.69) is 5.10 Å². The molecule has 2 bridgehead atoms. The number of fused-ring (bicyclic) bond motifs is 5. The second-order valence-corrected chi connectivity index (χ2v) is 7.76. The highest BCUT2D eigenvalue weighted by Crippen LogP contribution is 2.49. The van der Waals surface area contributed by atoms with Crippen LogP contribution in [0.15, 0.2) is 30.5 Å². The summed E-state index contributed by atoms with van der Waals surface area (Å²) in [5.74, 6) is -1.10. The fraction of sp³-hybridized carbons (Fsp3) is 0.389. The molecule has 3 fully saturated rings. The zero-order valence-corrected chi connectivity index (χ0v) is 15.2. The standard InChI is InChI=1S/C18H15Cl2N3O3/c19-10-4-2-1-3-9(10)7-22-8-11(20)16(21-22)23-17(24)14-12-5-6-13(26-12)15(14)18(23)25/h1-4,8,12-15H,5-7H2/t12-,13-,14-,15-/m0/s1. The van der Waals surface area contributed by atoms with E-state index in [4.69, 9.17) is 27.9 Å². The maximum Gasteiger partial charge on any atom is 0.241 e. The Kier molecular flexibility index (Phi) is 3.64. The van der Waals surface area contributed by atoms with Gasteiger partial charge in [-0.1, -0.05) is 41.4 Å². The summed E-state index contributed by atoms with van der Waals surface area (Å²) in [5.41, 5.74) is 0.877. The van der Waals surface area contributed by atoms with Crippen molar-refractivity contribution >= 4 is 40.8 Å². The quantitative estimate of drug-likeness (QED) is 0.754. The smallest absolute Gasteiger partial charge is 0.241 e. The summed E-state index contributed by atoms with van der Waals surface area (Å²) in [6, 6.07) is 7.43. The molecule has 0 spiro atoms. The molecule has 6 nitrogen and oxygen atoms in total. The summed E-state index contributed by atoms with van der Waals surface area (Å²) < 4.78 is 7.35. The molecule has 0 radical (unpaired) electrons. The van der Waals surface area contributed by atoms with E-state index in [1.807, 2.05) is 18.2 Å².